The van der Waals surface area contributed by atoms with Crippen LogP contribution in [0.3, 0.4) is 0 Å². The van der Waals surface area contributed by atoms with Gasteiger partial charge in [-0.3, -0.25) is 9.59 Å². The van der Waals surface area contributed by atoms with Crippen molar-refractivity contribution in [1.82, 2.24) is 0 Å². The average molecular weight is 649 g/mol. The van der Waals surface area contributed by atoms with Crippen molar-refractivity contribution < 1.29 is 69.8 Å². The summed E-state index contributed by atoms with van der Waals surface area (Å²) in [7, 11) is 0. The highest BCUT2D eigenvalue weighted by molar-refractivity contribution is 6.13. The fourth-order valence-corrected chi connectivity index (χ4v) is 4.11. The number of carbonyl (C=O) groups is 2. The van der Waals surface area contributed by atoms with E-state index in [1.807, 2.05) is 0 Å². The summed E-state index contributed by atoms with van der Waals surface area (Å²) in [5.74, 6) is -6.19. The van der Waals surface area contributed by atoms with Gasteiger partial charge < -0.3 is 33.9 Å². The quantitative estimate of drug-likeness (QED) is 0.104. The van der Waals surface area contributed by atoms with Crippen LogP contribution in [0.4, 0.5) is 26.3 Å². The minimum Gasteiger partial charge on any atom is -0.504 e. The minimum atomic E-state index is -5.08. The first-order valence-electron chi connectivity index (χ1n) is 13.6. The molecule has 0 aliphatic carbocycles. The van der Waals surface area contributed by atoms with Gasteiger partial charge in [0.15, 0.2) is 34.6 Å². The van der Waals surface area contributed by atoms with Crippen molar-refractivity contribution >= 4 is 23.7 Å². The van der Waals surface area contributed by atoms with Crippen molar-refractivity contribution in [3.05, 3.63) is 59.7 Å². The summed E-state index contributed by atoms with van der Waals surface area (Å²) in [6.45, 7) is 1.58. The van der Waals surface area contributed by atoms with Crippen LogP contribution in [-0.2, 0) is 23.8 Å². The van der Waals surface area contributed by atoms with E-state index in [9.17, 15) is 46.1 Å². The normalized spacial score (nSPS) is 15.4. The number of allylic oxidation sites excluding steroid dienone is 2. The van der Waals surface area contributed by atoms with Gasteiger partial charge in [0.05, 0.1) is 25.2 Å². The van der Waals surface area contributed by atoms with Crippen molar-refractivity contribution in [1.29, 1.82) is 0 Å². The lowest BCUT2D eigenvalue weighted by molar-refractivity contribution is -0.276. The monoisotopic (exact) mass is 648 g/mol. The Kier molecular flexibility index (Phi) is 12.8. The molecule has 1 aliphatic rings. The second-order valence-electron chi connectivity index (χ2n) is 9.66. The zero-order valence-corrected chi connectivity index (χ0v) is 23.6. The van der Waals surface area contributed by atoms with Gasteiger partial charge in [0, 0.05) is 19.8 Å². The van der Waals surface area contributed by atoms with Crippen LogP contribution in [0.15, 0.2) is 48.6 Å². The fraction of sp³-hybridized carbons (Fsp3) is 0.400. The van der Waals surface area contributed by atoms with Crippen molar-refractivity contribution in [3.8, 4) is 23.0 Å². The van der Waals surface area contributed by atoms with E-state index in [1.165, 1.54) is 12.1 Å². The third kappa shape index (κ3) is 12.8. The molecule has 246 valence electrons. The third-order valence-electron chi connectivity index (χ3n) is 6.29. The van der Waals surface area contributed by atoms with Gasteiger partial charge in [-0.15, -0.1) is 26.3 Å². The molecule has 45 heavy (non-hydrogen) atoms. The van der Waals surface area contributed by atoms with Crippen molar-refractivity contribution in [3.63, 3.8) is 0 Å². The highest BCUT2D eigenvalue weighted by atomic mass is 19.4. The van der Waals surface area contributed by atoms with Crippen LogP contribution in [0.25, 0.3) is 12.2 Å². The molecule has 0 atom stereocenters. The minimum absolute atomic E-state index is 0.0393. The van der Waals surface area contributed by atoms with Crippen LogP contribution >= 0.6 is 0 Å². The number of benzene rings is 2. The first-order valence-corrected chi connectivity index (χ1v) is 13.6. The topological polar surface area (TPSA) is 121 Å². The van der Waals surface area contributed by atoms with E-state index in [-0.39, 0.29) is 43.5 Å². The largest absolute Gasteiger partial charge is 0.573 e. The highest BCUT2D eigenvalue weighted by Gasteiger charge is 2.33. The average Bonchev–Trinajstić information content (AvgIpc) is 2.96. The first kappa shape index (κ1) is 35.4. The predicted molar refractivity (Wildman–Crippen MR) is 146 cm³/mol. The number of hydrogen-bond acceptors (Lipinski definition) is 9. The Morgan fingerprint density at radius 2 is 1.29 bits per heavy atom. The number of phenolic OH excluding ortho intramolecular Hbond substituents is 2. The maximum Gasteiger partial charge on any atom is 0.573 e. The zero-order chi connectivity index (χ0) is 33.0. The lowest BCUT2D eigenvalue weighted by Crippen LogP contribution is -2.25. The fourth-order valence-electron chi connectivity index (χ4n) is 4.11. The zero-order valence-electron chi connectivity index (χ0n) is 23.6. The molecule has 1 aliphatic heterocycles. The van der Waals surface area contributed by atoms with Crippen LogP contribution in [0.1, 0.15) is 30.4 Å². The van der Waals surface area contributed by atoms with Crippen LogP contribution < -0.4 is 9.47 Å². The van der Waals surface area contributed by atoms with Crippen LogP contribution in [0.2, 0.25) is 0 Å². The summed E-state index contributed by atoms with van der Waals surface area (Å²) < 4.78 is 99.7. The maximum absolute atomic E-state index is 13.1. The number of rotatable bonds is 15. The van der Waals surface area contributed by atoms with E-state index in [4.69, 9.17) is 14.2 Å². The molecule has 1 saturated heterocycles. The SMILES string of the molecule is O=C(C=Cc1ccc(O)c(OC(F)(F)F)c1)C(CCOCCOC1CCOCC1)C(=O)C=Cc1ccc(O)c(OC(F)(F)F)c1. The Balaban J connectivity index is 1.70. The van der Waals surface area contributed by atoms with E-state index in [1.54, 1.807) is 0 Å². The van der Waals surface area contributed by atoms with E-state index in [0.717, 1.165) is 61.4 Å². The van der Waals surface area contributed by atoms with Crippen LogP contribution in [0, 0.1) is 5.92 Å². The smallest absolute Gasteiger partial charge is 0.504 e. The maximum atomic E-state index is 13.1. The molecule has 2 aromatic rings. The van der Waals surface area contributed by atoms with Crippen molar-refractivity contribution in [2.24, 2.45) is 5.92 Å². The Morgan fingerprint density at radius 1 is 0.800 bits per heavy atom. The molecule has 2 N–H and O–H groups in total. The van der Waals surface area contributed by atoms with Gasteiger partial charge in [0.25, 0.3) is 0 Å². The number of phenols is 2. The lowest BCUT2D eigenvalue weighted by atomic mass is 9.94. The molecule has 1 heterocycles. The number of alkyl halides is 6. The summed E-state index contributed by atoms with van der Waals surface area (Å²) in [6, 6.07) is 5.98. The molecule has 0 unspecified atom stereocenters. The Hall–Kier alpha value is -4.08. The van der Waals surface area contributed by atoms with Gasteiger partial charge in [-0.1, -0.05) is 24.3 Å². The van der Waals surface area contributed by atoms with E-state index in [0.29, 0.717) is 13.2 Å². The molecule has 2 aromatic carbocycles. The molecule has 15 heteroatoms. The molecule has 0 amide bonds. The molecular weight excluding hydrogens is 618 g/mol. The molecule has 0 saturated carbocycles. The van der Waals surface area contributed by atoms with E-state index in [2.05, 4.69) is 9.47 Å². The number of aromatic hydroxyl groups is 2. The molecule has 0 spiro atoms. The number of ether oxygens (including phenoxy) is 5. The summed E-state index contributed by atoms with van der Waals surface area (Å²) in [6.07, 6.45) is -4.56. The Bertz CT molecular complexity index is 1260. The van der Waals surface area contributed by atoms with Crippen molar-refractivity contribution in [2.75, 3.05) is 33.0 Å². The van der Waals surface area contributed by atoms with Gasteiger partial charge in [-0.05, 0) is 66.8 Å². The molecule has 9 nitrogen and oxygen atoms in total. The van der Waals surface area contributed by atoms with Gasteiger partial charge >= 0.3 is 12.7 Å². The van der Waals surface area contributed by atoms with Crippen LogP contribution in [0.5, 0.6) is 23.0 Å². The Morgan fingerprint density at radius 3 is 1.76 bits per heavy atom. The van der Waals surface area contributed by atoms with Gasteiger partial charge in [-0.25, -0.2) is 0 Å². The van der Waals surface area contributed by atoms with Crippen LogP contribution in [-0.4, -0.2) is 73.6 Å². The van der Waals surface area contributed by atoms with Gasteiger partial charge in [-0.2, -0.15) is 0 Å². The Labute approximate surface area is 253 Å². The lowest BCUT2D eigenvalue weighted by Gasteiger charge is -2.22. The summed E-state index contributed by atoms with van der Waals surface area (Å²) in [5, 5.41) is 19.3. The third-order valence-corrected chi connectivity index (χ3v) is 6.29. The van der Waals surface area contributed by atoms with Crippen molar-refractivity contribution in [2.45, 2.75) is 38.1 Å². The number of halogens is 6. The van der Waals surface area contributed by atoms with E-state index >= 15 is 0 Å². The standard InChI is InChI=1S/C30H30F6O9/c31-29(32,33)44-27-17-19(3-7-25(27)39)1-5-23(37)22(11-14-42-15-16-43-21-9-12-41-13-10-21)24(38)6-2-20-4-8-26(40)28(18-20)45-30(34,35)36/h1-8,17-18,21-22,39-40H,9-16H2. The molecule has 0 aromatic heterocycles. The molecule has 0 radical (unpaired) electrons. The van der Waals surface area contributed by atoms with E-state index < -0.39 is 53.2 Å². The number of hydrogen-bond donors (Lipinski definition) is 2. The summed E-state index contributed by atoms with van der Waals surface area (Å²) in [4.78, 5) is 26.1. The molecule has 0 bridgehead atoms. The van der Waals surface area contributed by atoms with Gasteiger partial charge in [0.1, 0.15) is 0 Å². The second-order valence-corrected chi connectivity index (χ2v) is 9.66. The molecule has 1 fully saturated rings. The molecule has 3 rings (SSSR count). The van der Waals surface area contributed by atoms with Gasteiger partial charge in [0.2, 0.25) is 0 Å². The summed E-state index contributed by atoms with van der Waals surface area (Å²) >= 11 is 0. The molecular formula is C30H30F6O9. The predicted octanol–water partition coefficient (Wildman–Crippen LogP) is 5.98. The first-order chi connectivity index (χ1) is 21.2. The second kappa shape index (κ2) is 16.3. The number of carbonyl (C=O) groups excluding carboxylic acids is 2. The number of ketones is 2. The summed E-state index contributed by atoms with van der Waals surface area (Å²) in [5.41, 5.74) is 0.0925. The highest BCUT2D eigenvalue weighted by Crippen LogP contribution is 2.33.